The van der Waals surface area contributed by atoms with Crippen LogP contribution in [-0.2, 0) is 33.8 Å². The maximum Gasteiger partial charge on any atom is 0.407 e. The molecule has 0 bridgehead atoms. The molecule has 8 nitrogen and oxygen atoms in total. The van der Waals surface area contributed by atoms with Crippen LogP contribution in [0.2, 0.25) is 0 Å². The highest BCUT2D eigenvalue weighted by atomic mass is 16.6. The monoisotopic (exact) mass is 574 g/mol. The molecule has 0 aliphatic rings. The van der Waals surface area contributed by atoms with E-state index < -0.39 is 23.6 Å². The molecule has 0 aliphatic heterocycles. The Bertz CT molecular complexity index is 1430. The van der Waals surface area contributed by atoms with E-state index in [0.717, 1.165) is 27.9 Å². The van der Waals surface area contributed by atoms with E-state index in [-0.39, 0.29) is 18.6 Å². The molecule has 0 atom stereocenters. The summed E-state index contributed by atoms with van der Waals surface area (Å²) < 4.78 is 16.0. The lowest BCUT2D eigenvalue weighted by Gasteiger charge is -2.25. The number of nitrogens with one attached hydrogen (secondary N) is 1. The molecule has 3 aromatic rings. The number of esters is 2. The van der Waals surface area contributed by atoms with Gasteiger partial charge in [0, 0.05) is 23.4 Å². The molecule has 224 valence electrons. The Morgan fingerprint density at radius 2 is 1.48 bits per heavy atom. The van der Waals surface area contributed by atoms with E-state index in [1.54, 1.807) is 52.0 Å². The van der Waals surface area contributed by atoms with Gasteiger partial charge in [0.2, 0.25) is 0 Å². The van der Waals surface area contributed by atoms with Crippen LogP contribution in [0.25, 0.3) is 11.1 Å². The lowest BCUT2D eigenvalue weighted by atomic mass is 9.85. The van der Waals surface area contributed by atoms with Crippen LogP contribution < -0.4 is 5.32 Å². The van der Waals surface area contributed by atoms with E-state index in [1.165, 1.54) is 7.11 Å². The zero-order valence-electron chi connectivity index (χ0n) is 26.1. The maximum absolute atomic E-state index is 13.7. The number of ether oxygens (including phenoxy) is 3. The fraction of sp³-hybridized carbons (Fsp3) is 0.412. The van der Waals surface area contributed by atoms with Gasteiger partial charge >= 0.3 is 18.0 Å². The van der Waals surface area contributed by atoms with Gasteiger partial charge in [0.25, 0.3) is 0 Å². The van der Waals surface area contributed by atoms with Gasteiger partial charge in [-0.3, -0.25) is 4.98 Å². The standard InChI is InChI=1S/C34H42N2O6/c1-21-10-14-24(15-11-21)29-26(19-35-32(39)42-34(6,7)8)27(18-33(3,4)5)36-22(2)28(29)31(38)41-20-23-12-16-25(17-13-23)30(37)40-9/h10-17H,18-20H2,1-9H3,(H,35,39). The summed E-state index contributed by atoms with van der Waals surface area (Å²) in [6.07, 6.45) is 0.0686. The van der Waals surface area contributed by atoms with Crippen molar-refractivity contribution in [3.8, 4) is 11.1 Å². The number of benzene rings is 2. The Morgan fingerprint density at radius 3 is 2.02 bits per heavy atom. The average Bonchev–Trinajstić information content (AvgIpc) is 2.89. The molecule has 0 radical (unpaired) electrons. The van der Waals surface area contributed by atoms with Crippen LogP contribution in [0, 0.1) is 19.3 Å². The van der Waals surface area contributed by atoms with E-state index in [1.807, 2.05) is 31.2 Å². The summed E-state index contributed by atoms with van der Waals surface area (Å²) in [7, 11) is 1.32. The normalized spacial score (nSPS) is 11.5. The number of carbonyl (C=O) groups is 3. The molecule has 3 rings (SSSR count). The van der Waals surface area contributed by atoms with E-state index in [9.17, 15) is 14.4 Å². The Morgan fingerprint density at radius 1 is 0.857 bits per heavy atom. The Balaban J connectivity index is 2.08. The SMILES string of the molecule is COC(=O)c1ccc(COC(=O)c2c(C)nc(CC(C)(C)C)c(CNC(=O)OC(C)(C)C)c2-c2ccc(C)cc2)cc1. The van der Waals surface area contributed by atoms with Gasteiger partial charge < -0.3 is 19.5 Å². The largest absolute Gasteiger partial charge is 0.465 e. The van der Waals surface area contributed by atoms with Crippen molar-refractivity contribution < 1.29 is 28.6 Å². The van der Waals surface area contributed by atoms with Crippen molar-refractivity contribution in [3.05, 3.63) is 87.7 Å². The second-order valence-corrected chi connectivity index (χ2v) is 12.6. The fourth-order valence-electron chi connectivity index (χ4n) is 4.48. The quantitative estimate of drug-likeness (QED) is 0.226. The zero-order valence-corrected chi connectivity index (χ0v) is 26.1. The van der Waals surface area contributed by atoms with Crippen molar-refractivity contribution >= 4 is 18.0 Å². The van der Waals surface area contributed by atoms with E-state index in [0.29, 0.717) is 28.8 Å². The molecule has 2 aromatic carbocycles. The highest BCUT2D eigenvalue weighted by Crippen LogP contribution is 2.35. The number of rotatable bonds is 8. The molecule has 1 amide bonds. The van der Waals surface area contributed by atoms with Crippen LogP contribution in [-0.4, -0.2) is 35.7 Å². The molecule has 1 N–H and O–H groups in total. The lowest BCUT2D eigenvalue weighted by molar-refractivity contribution is 0.0470. The van der Waals surface area contributed by atoms with Gasteiger partial charge in [-0.15, -0.1) is 0 Å². The van der Waals surface area contributed by atoms with E-state index >= 15 is 0 Å². The molecule has 0 aliphatic carbocycles. The van der Waals surface area contributed by atoms with Crippen LogP contribution in [0.4, 0.5) is 4.79 Å². The van der Waals surface area contributed by atoms with Crippen LogP contribution in [0.15, 0.2) is 48.5 Å². The Labute approximate surface area is 248 Å². The predicted molar refractivity (Wildman–Crippen MR) is 162 cm³/mol. The first-order chi connectivity index (χ1) is 19.6. The number of hydrogen-bond donors (Lipinski definition) is 1. The molecule has 0 unspecified atom stereocenters. The first kappa shape index (κ1) is 32.3. The summed E-state index contributed by atoms with van der Waals surface area (Å²) in [5.41, 5.74) is 5.33. The third-order valence-electron chi connectivity index (χ3n) is 6.36. The summed E-state index contributed by atoms with van der Waals surface area (Å²) >= 11 is 0. The van der Waals surface area contributed by atoms with Gasteiger partial charge in [-0.25, -0.2) is 14.4 Å². The summed E-state index contributed by atoms with van der Waals surface area (Å²) in [6.45, 7) is 15.7. The van der Waals surface area contributed by atoms with Crippen molar-refractivity contribution in [2.45, 2.75) is 80.6 Å². The molecule has 42 heavy (non-hydrogen) atoms. The van der Waals surface area contributed by atoms with Crippen molar-refractivity contribution in [1.82, 2.24) is 10.3 Å². The van der Waals surface area contributed by atoms with Gasteiger partial charge in [0.15, 0.2) is 0 Å². The molecule has 8 heteroatoms. The minimum absolute atomic E-state index is 0.00228. The minimum Gasteiger partial charge on any atom is -0.465 e. The summed E-state index contributed by atoms with van der Waals surface area (Å²) in [5, 5.41) is 2.87. The maximum atomic E-state index is 13.7. The van der Waals surface area contributed by atoms with Crippen LogP contribution in [0.1, 0.15) is 90.3 Å². The van der Waals surface area contributed by atoms with Crippen molar-refractivity contribution in [1.29, 1.82) is 0 Å². The number of alkyl carbamates (subject to hydrolysis) is 1. The highest BCUT2D eigenvalue weighted by molar-refractivity contribution is 5.99. The molecule has 0 fully saturated rings. The molecule has 0 spiro atoms. The smallest absolute Gasteiger partial charge is 0.407 e. The minimum atomic E-state index is -0.659. The van der Waals surface area contributed by atoms with Gasteiger partial charge in [-0.05, 0) is 69.7 Å². The number of amides is 1. The van der Waals surface area contributed by atoms with Gasteiger partial charge in [0.1, 0.15) is 12.2 Å². The number of carbonyl (C=O) groups excluding carboxylic acids is 3. The summed E-state index contributed by atoms with van der Waals surface area (Å²) in [6, 6.07) is 14.6. The van der Waals surface area contributed by atoms with Gasteiger partial charge in [-0.2, -0.15) is 0 Å². The second kappa shape index (κ2) is 13.2. The van der Waals surface area contributed by atoms with Crippen molar-refractivity contribution in [3.63, 3.8) is 0 Å². The lowest BCUT2D eigenvalue weighted by Crippen LogP contribution is -2.33. The van der Waals surface area contributed by atoms with E-state index in [2.05, 4.69) is 26.1 Å². The molecular formula is C34H42N2O6. The Kier molecular flexibility index (Phi) is 10.1. The zero-order chi connectivity index (χ0) is 31.2. The fourth-order valence-corrected chi connectivity index (χ4v) is 4.48. The van der Waals surface area contributed by atoms with E-state index in [4.69, 9.17) is 19.2 Å². The first-order valence-corrected chi connectivity index (χ1v) is 14.0. The van der Waals surface area contributed by atoms with Crippen molar-refractivity contribution in [2.75, 3.05) is 7.11 Å². The van der Waals surface area contributed by atoms with Crippen LogP contribution in [0.5, 0.6) is 0 Å². The number of pyridine rings is 1. The highest BCUT2D eigenvalue weighted by Gasteiger charge is 2.28. The molecule has 0 saturated carbocycles. The number of aromatic nitrogens is 1. The third kappa shape index (κ3) is 8.90. The summed E-state index contributed by atoms with van der Waals surface area (Å²) in [4.78, 5) is 43.1. The number of nitrogens with zero attached hydrogens (tertiary/aromatic N) is 1. The van der Waals surface area contributed by atoms with Crippen LogP contribution in [0.3, 0.4) is 0 Å². The number of aryl methyl sites for hydroxylation is 2. The molecule has 1 aromatic heterocycles. The topological polar surface area (TPSA) is 104 Å². The van der Waals surface area contributed by atoms with Crippen molar-refractivity contribution in [2.24, 2.45) is 5.41 Å². The molecule has 0 saturated heterocycles. The number of hydrogen-bond acceptors (Lipinski definition) is 7. The first-order valence-electron chi connectivity index (χ1n) is 14.0. The predicted octanol–water partition coefficient (Wildman–Crippen LogP) is 7.12. The molecular weight excluding hydrogens is 532 g/mol. The van der Waals surface area contributed by atoms with Gasteiger partial charge in [0.05, 0.1) is 23.9 Å². The average molecular weight is 575 g/mol. The van der Waals surface area contributed by atoms with Crippen LogP contribution >= 0.6 is 0 Å². The summed E-state index contributed by atoms with van der Waals surface area (Å²) in [5.74, 6) is -0.973. The Hall–Kier alpha value is -4.20. The molecule has 1 heterocycles. The number of methoxy groups -OCH3 is 1. The second-order valence-electron chi connectivity index (χ2n) is 12.6. The third-order valence-corrected chi connectivity index (χ3v) is 6.36. The van der Waals surface area contributed by atoms with Gasteiger partial charge in [-0.1, -0.05) is 62.7 Å².